The van der Waals surface area contributed by atoms with Gasteiger partial charge < -0.3 is 15.1 Å². The molecule has 4 nitrogen and oxygen atoms in total. The van der Waals surface area contributed by atoms with E-state index >= 15 is 0 Å². The molecule has 4 heteroatoms. The van der Waals surface area contributed by atoms with Crippen molar-refractivity contribution in [3.63, 3.8) is 0 Å². The number of rotatable bonds is 1. The zero-order valence-corrected chi connectivity index (χ0v) is 10.8. The Hall–Kier alpha value is -1.71. The summed E-state index contributed by atoms with van der Waals surface area (Å²) in [5, 5.41) is 19.1. The van der Waals surface area contributed by atoms with Gasteiger partial charge in [-0.1, -0.05) is 13.8 Å². The van der Waals surface area contributed by atoms with E-state index in [4.69, 9.17) is 0 Å². The van der Waals surface area contributed by atoms with Gasteiger partial charge in [0.25, 0.3) is 5.91 Å². The average molecular weight is 249 g/mol. The normalized spacial score (nSPS) is 18.7. The lowest BCUT2D eigenvalue weighted by atomic mass is 9.84. The van der Waals surface area contributed by atoms with Crippen molar-refractivity contribution in [3.8, 4) is 11.5 Å². The summed E-state index contributed by atoms with van der Waals surface area (Å²) in [6.07, 6.45) is 2.07. The van der Waals surface area contributed by atoms with E-state index in [-0.39, 0.29) is 28.4 Å². The van der Waals surface area contributed by atoms with Gasteiger partial charge in [-0.2, -0.15) is 0 Å². The van der Waals surface area contributed by atoms with Crippen LogP contribution in [0.15, 0.2) is 18.2 Å². The van der Waals surface area contributed by atoms with Crippen molar-refractivity contribution in [2.75, 3.05) is 13.1 Å². The van der Waals surface area contributed by atoms with E-state index in [9.17, 15) is 15.0 Å². The van der Waals surface area contributed by atoms with Crippen LogP contribution in [0.5, 0.6) is 11.5 Å². The van der Waals surface area contributed by atoms with Crippen molar-refractivity contribution in [1.82, 2.24) is 4.90 Å². The largest absolute Gasteiger partial charge is 0.508 e. The molecule has 1 fully saturated rings. The number of aromatic hydroxyl groups is 2. The second-order valence-electron chi connectivity index (χ2n) is 5.70. The predicted octanol–water partition coefficient (Wildman–Crippen LogP) is 2.36. The van der Waals surface area contributed by atoms with Crippen molar-refractivity contribution >= 4 is 5.91 Å². The van der Waals surface area contributed by atoms with E-state index in [1.54, 1.807) is 4.90 Å². The fourth-order valence-electron chi connectivity index (χ4n) is 2.46. The van der Waals surface area contributed by atoms with Crippen molar-refractivity contribution < 1.29 is 15.0 Å². The summed E-state index contributed by atoms with van der Waals surface area (Å²) in [6, 6.07) is 4.03. The van der Waals surface area contributed by atoms with E-state index in [2.05, 4.69) is 13.8 Å². The summed E-state index contributed by atoms with van der Waals surface area (Å²) in [5.41, 5.74) is 0.285. The first-order valence-corrected chi connectivity index (χ1v) is 6.20. The molecule has 1 aliphatic heterocycles. The van der Waals surface area contributed by atoms with Gasteiger partial charge in [0.1, 0.15) is 11.5 Å². The molecule has 0 bridgehead atoms. The predicted molar refractivity (Wildman–Crippen MR) is 68.7 cm³/mol. The lowest BCUT2D eigenvalue weighted by molar-refractivity contribution is 0.0580. The lowest BCUT2D eigenvalue weighted by Gasteiger charge is -2.38. The minimum Gasteiger partial charge on any atom is -0.508 e. The van der Waals surface area contributed by atoms with Crippen LogP contribution in [0.25, 0.3) is 0 Å². The van der Waals surface area contributed by atoms with E-state index < -0.39 is 0 Å². The standard InChI is InChI=1S/C14H19NO3/c1-14(2)6-3-7-15(9-14)13(18)11-8-10(16)4-5-12(11)17/h4-5,8,16-17H,3,6-7,9H2,1-2H3. The number of hydrogen-bond donors (Lipinski definition) is 2. The number of carbonyl (C=O) groups excluding carboxylic acids is 1. The Labute approximate surface area is 107 Å². The minimum atomic E-state index is -0.212. The third-order valence-electron chi connectivity index (χ3n) is 3.40. The van der Waals surface area contributed by atoms with E-state index in [0.29, 0.717) is 13.1 Å². The molecular weight excluding hydrogens is 230 g/mol. The van der Waals surface area contributed by atoms with Crippen LogP contribution in [0, 0.1) is 5.41 Å². The monoisotopic (exact) mass is 249 g/mol. The molecule has 0 unspecified atom stereocenters. The van der Waals surface area contributed by atoms with Crippen molar-refractivity contribution in [3.05, 3.63) is 23.8 Å². The van der Waals surface area contributed by atoms with Crippen LogP contribution in [-0.2, 0) is 0 Å². The fourth-order valence-corrected chi connectivity index (χ4v) is 2.46. The highest BCUT2D eigenvalue weighted by Crippen LogP contribution is 2.31. The van der Waals surface area contributed by atoms with Gasteiger partial charge >= 0.3 is 0 Å². The number of amides is 1. The molecule has 2 rings (SSSR count). The van der Waals surface area contributed by atoms with Gasteiger partial charge in [0, 0.05) is 13.1 Å². The molecule has 1 amide bonds. The molecule has 2 N–H and O–H groups in total. The topological polar surface area (TPSA) is 60.8 Å². The maximum absolute atomic E-state index is 12.3. The highest BCUT2D eigenvalue weighted by atomic mass is 16.3. The third-order valence-corrected chi connectivity index (χ3v) is 3.40. The maximum atomic E-state index is 12.3. The molecule has 1 aliphatic rings. The molecular formula is C14H19NO3. The van der Waals surface area contributed by atoms with Gasteiger partial charge in [-0.25, -0.2) is 0 Å². The first-order chi connectivity index (χ1) is 8.39. The molecule has 0 spiro atoms. The molecule has 0 aliphatic carbocycles. The van der Waals surface area contributed by atoms with Gasteiger partial charge in [-0.05, 0) is 36.5 Å². The van der Waals surface area contributed by atoms with Gasteiger partial charge in [0.05, 0.1) is 5.56 Å². The first kappa shape index (κ1) is 12.7. The highest BCUT2D eigenvalue weighted by molar-refractivity contribution is 5.97. The van der Waals surface area contributed by atoms with Gasteiger partial charge in [0.15, 0.2) is 0 Å². The molecule has 1 aromatic rings. The first-order valence-electron chi connectivity index (χ1n) is 6.20. The number of hydrogen-bond acceptors (Lipinski definition) is 3. The minimum absolute atomic E-state index is 0.00702. The molecule has 0 aromatic heterocycles. The SMILES string of the molecule is CC1(C)CCCN(C(=O)c2cc(O)ccc2O)C1. The van der Waals surface area contributed by atoms with Crippen LogP contribution in [0.2, 0.25) is 0 Å². The molecule has 0 radical (unpaired) electrons. The van der Waals surface area contributed by atoms with Crippen molar-refractivity contribution in [2.45, 2.75) is 26.7 Å². The Bertz CT molecular complexity index is 468. The molecule has 0 saturated carbocycles. The second-order valence-corrected chi connectivity index (χ2v) is 5.70. The van der Waals surface area contributed by atoms with E-state index in [1.165, 1.54) is 18.2 Å². The van der Waals surface area contributed by atoms with E-state index in [0.717, 1.165) is 12.8 Å². The summed E-state index contributed by atoms with van der Waals surface area (Å²) in [7, 11) is 0. The van der Waals surface area contributed by atoms with Crippen LogP contribution in [0.1, 0.15) is 37.0 Å². The fraction of sp³-hybridized carbons (Fsp3) is 0.500. The molecule has 18 heavy (non-hydrogen) atoms. The van der Waals surface area contributed by atoms with E-state index in [1.807, 2.05) is 0 Å². The number of phenolic OH excluding ortho intramolecular Hbond substituents is 2. The quantitative estimate of drug-likeness (QED) is 0.751. The van der Waals surface area contributed by atoms with Gasteiger partial charge in [-0.15, -0.1) is 0 Å². The smallest absolute Gasteiger partial charge is 0.257 e. The Kier molecular flexibility index (Phi) is 3.20. The maximum Gasteiger partial charge on any atom is 0.257 e. The van der Waals surface area contributed by atoms with Crippen LogP contribution in [0.3, 0.4) is 0 Å². The number of phenols is 2. The Morgan fingerprint density at radius 1 is 1.33 bits per heavy atom. The van der Waals surface area contributed by atoms with Crippen LogP contribution in [-0.4, -0.2) is 34.1 Å². The number of piperidine rings is 1. The summed E-state index contributed by atoms with van der Waals surface area (Å²) in [6.45, 7) is 5.65. The molecule has 0 atom stereocenters. The average Bonchev–Trinajstić information content (AvgIpc) is 2.30. The van der Waals surface area contributed by atoms with Crippen LogP contribution < -0.4 is 0 Å². The number of nitrogens with zero attached hydrogens (tertiary/aromatic N) is 1. The Morgan fingerprint density at radius 3 is 2.72 bits per heavy atom. The van der Waals surface area contributed by atoms with Gasteiger partial charge in [-0.3, -0.25) is 4.79 Å². The highest BCUT2D eigenvalue weighted by Gasteiger charge is 2.30. The summed E-state index contributed by atoms with van der Waals surface area (Å²) in [5.74, 6) is -0.301. The molecule has 1 aromatic carbocycles. The summed E-state index contributed by atoms with van der Waals surface area (Å²) in [4.78, 5) is 14.1. The zero-order chi connectivity index (χ0) is 13.3. The number of likely N-dealkylation sites (tertiary alicyclic amines) is 1. The number of benzene rings is 1. The van der Waals surface area contributed by atoms with Crippen LogP contribution in [0.4, 0.5) is 0 Å². The lowest BCUT2D eigenvalue weighted by Crippen LogP contribution is -2.43. The number of carbonyl (C=O) groups is 1. The molecule has 1 saturated heterocycles. The molecule has 98 valence electrons. The van der Waals surface area contributed by atoms with Gasteiger partial charge in [0.2, 0.25) is 0 Å². The molecule has 1 heterocycles. The van der Waals surface area contributed by atoms with Crippen molar-refractivity contribution in [2.24, 2.45) is 5.41 Å². The second kappa shape index (κ2) is 4.52. The van der Waals surface area contributed by atoms with Crippen LogP contribution >= 0.6 is 0 Å². The summed E-state index contributed by atoms with van der Waals surface area (Å²) < 4.78 is 0. The third kappa shape index (κ3) is 2.58. The van der Waals surface area contributed by atoms with Crippen molar-refractivity contribution in [1.29, 1.82) is 0 Å². The summed E-state index contributed by atoms with van der Waals surface area (Å²) >= 11 is 0. The Morgan fingerprint density at radius 2 is 2.06 bits per heavy atom. The zero-order valence-electron chi connectivity index (χ0n) is 10.8. The Balaban J connectivity index is 2.23.